The minimum absolute atomic E-state index is 0.0467. The highest BCUT2D eigenvalue weighted by atomic mass is 16.3. The molecule has 4 unspecified atom stereocenters. The molecule has 2 aliphatic carbocycles. The summed E-state index contributed by atoms with van der Waals surface area (Å²) in [5.74, 6) is 0.849. The van der Waals surface area contributed by atoms with Crippen molar-refractivity contribution in [2.24, 2.45) is 0 Å². The first kappa shape index (κ1) is 19.4. The van der Waals surface area contributed by atoms with Gasteiger partial charge in [0, 0.05) is 11.1 Å². The van der Waals surface area contributed by atoms with Gasteiger partial charge in [-0.1, -0.05) is 61.4 Å². The molecule has 3 heteroatoms. The molecular weight excluding hydrogens is 348 g/mol. The summed E-state index contributed by atoms with van der Waals surface area (Å²) in [6.45, 7) is 0. The van der Waals surface area contributed by atoms with E-state index in [4.69, 9.17) is 0 Å². The zero-order valence-electron chi connectivity index (χ0n) is 16.4. The molecule has 0 heterocycles. The van der Waals surface area contributed by atoms with Crippen molar-refractivity contribution in [2.45, 2.75) is 75.4 Å². The van der Waals surface area contributed by atoms with Crippen molar-refractivity contribution in [3.8, 4) is 0 Å². The molecule has 0 aromatic heterocycles. The molecule has 2 aromatic rings. The molecule has 0 amide bonds. The van der Waals surface area contributed by atoms with Crippen LogP contribution in [0, 0.1) is 0 Å². The largest absolute Gasteiger partial charge is 0.393 e. The molecular formula is C25H30O3. The summed E-state index contributed by atoms with van der Waals surface area (Å²) in [7, 11) is 0. The highest BCUT2D eigenvalue weighted by Crippen LogP contribution is 2.34. The second-order valence-electron chi connectivity index (χ2n) is 8.61. The molecule has 0 aliphatic heterocycles. The molecule has 0 saturated heterocycles. The van der Waals surface area contributed by atoms with E-state index in [1.54, 1.807) is 0 Å². The molecule has 2 saturated carbocycles. The first-order valence-corrected chi connectivity index (χ1v) is 10.7. The van der Waals surface area contributed by atoms with Crippen LogP contribution in [0.1, 0.15) is 90.3 Å². The van der Waals surface area contributed by atoms with Gasteiger partial charge in [-0.15, -0.1) is 0 Å². The molecule has 148 valence electrons. The lowest BCUT2D eigenvalue weighted by Gasteiger charge is -2.26. The van der Waals surface area contributed by atoms with Gasteiger partial charge in [0.1, 0.15) is 0 Å². The summed E-state index contributed by atoms with van der Waals surface area (Å²) in [5, 5.41) is 19.8. The van der Waals surface area contributed by atoms with Gasteiger partial charge in [-0.2, -0.15) is 0 Å². The van der Waals surface area contributed by atoms with Crippen LogP contribution >= 0.6 is 0 Å². The maximum atomic E-state index is 12.8. The summed E-state index contributed by atoms with van der Waals surface area (Å²) in [4.78, 5) is 12.8. The zero-order chi connectivity index (χ0) is 19.5. The number of ketones is 1. The van der Waals surface area contributed by atoms with E-state index in [0.717, 1.165) is 51.4 Å². The Morgan fingerprint density at radius 1 is 0.643 bits per heavy atom. The third kappa shape index (κ3) is 4.37. The van der Waals surface area contributed by atoms with Crippen molar-refractivity contribution in [1.29, 1.82) is 0 Å². The number of benzene rings is 2. The quantitative estimate of drug-likeness (QED) is 0.740. The van der Waals surface area contributed by atoms with Crippen molar-refractivity contribution in [1.82, 2.24) is 0 Å². The highest BCUT2D eigenvalue weighted by molar-refractivity contribution is 6.09. The van der Waals surface area contributed by atoms with E-state index in [9.17, 15) is 15.0 Å². The number of carbonyl (C=O) groups is 1. The average Bonchev–Trinajstić information content (AvgIpc) is 2.73. The van der Waals surface area contributed by atoms with E-state index < -0.39 is 0 Å². The number of aliphatic hydroxyl groups excluding tert-OH is 2. The molecule has 0 radical (unpaired) electrons. The summed E-state index contributed by atoms with van der Waals surface area (Å²) in [6.07, 6.45) is 7.44. The summed E-state index contributed by atoms with van der Waals surface area (Å²) in [6, 6.07) is 15.9. The van der Waals surface area contributed by atoms with Crippen molar-refractivity contribution < 1.29 is 15.0 Å². The Kier molecular flexibility index (Phi) is 5.93. The van der Waals surface area contributed by atoms with Crippen LogP contribution in [0.25, 0.3) is 0 Å². The number of aliphatic hydroxyl groups is 2. The van der Waals surface area contributed by atoms with Gasteiger partial charge < -0.3 is 10.2 Å². The number of hydrogen-bond acceptors (Lipinski definition) is 3. The Morgan fingerprint density at radius 2 is 1.04 bits per heavy atom. The predicted molar refractivity (Wildman–Crippen MR) is 111 cm³/mol. The Labute approximate surface area is 167 Å². The Bertz CT molecular complexity index is 726. The van der Waals surface area contributed by atoms with Gasteiger partial charge in [0.15, 0.2) is 5.78 Å². The van der Waals surface area contributed by atoms with Gasteiger partial charge in [0.25, 0.3) is 0 Å². The van der Waals surface area contributed by atoms with Crippen molar-refractivity contribution in [3.63, 3.8) is 0 Å². The molecule has 28 heavy (non-hydrogen) atoms. The summed E-state index contributed by atoms with van der Waals surface area (Å²) >= 11 is 0. The maximum absolute atomic E-state index is 12.8. The van der Waals surface area contributed by atoms with E-state index >= 15 is 0 Å². The zero-order valence-corrected chi connectivity index (χ0v) is 16.4. The van der Waals surface area contributed by atoms with Gasteiger partial charge in [-0.3, -0.25) is 4.79 Å². The standard InChI is InChI=1S/C25H30O3/c26-23-5-1-3-21(15-23)17-7-11-19(12-8-17)25(28)20-13-9-18(10-14-20)22-4-2-6-24(27)16-22/h7-14,21-24,26-27H,1-6,15-16H2. The molecule has 0 bridgehead atoms. The lowest BCUT2D eigenvalue weighted by atomic mass is 9.82. The highest BCUT2D eigenvalue weighted by Gasteiger charge is 2.23. The Balaban J connectivity index is 1.44. The summed E-state index contributed by atoms with van der Waals surface area (Å²) in [5.41, 5.74) is 3.87. The molecule has 4 atom stereocenters. The molecule has 4 rings (SSSR count). The SMILES string of the molecule is O=C(c1ccc(C2CCCC(O)C2)cc1)c1ccc(C2CCCC(O)C2)cc1. The summed E-state index contributed by atoms with van der Waals surface area (Å²) < 4.78 is 0. The fourth-order valence-electron chi connectivity index (χ4n) is 4.91. The average molecular weight is 379 g/mol. The van der Waals surface area contributed by atoms with Crippen LogP contribution in [0.3, 0.4) is 0 Å². The van der Waals surface area contributed by atoms with Gasteiger partial charge in [-0.05, 0) is 61.5 Å². The van der Waals surface area contributed by atoms with E-state index in [2.05, 4.69) is 0 Å². The third-order valence-electron chi connectivity index (χ3n) is 6.58. The van der Waals surface area contributed by atoms with Crippen molar-refractivity contribution in [2.75, 3.05) is 0 Å². The second-order valence-corrected chi connectivity index (χ2v) is 8.61. The lowest BCUT2D eigenvalue weighted by Crippen LogP contribution is -2.18. The van der Waals surface area contributed by atoms with E-state index in [-0.39, 0.29) is 18.0 Å². The van der Waals surface area contributed by atoms with Crippen LogP contribution in [0.2, 0.25) is 0 Å². The Hall–Kier alpha value is -1.97. The molecule has 2 fully saturated rings. The second kappa shape index (κ2) is 8.59. The first-order chi connectivity index (χ1) is 13.6. The van der Waals surface area contributed by atoms with Crippen LogP contribution in [0.5, 0.6) is 0 Å². The van der Waals surface area contributed by atoms with Gasteiger partial charge >= 0.3 is 0 Å². The van der Waals surface area contributed by atoms with E-state index in [1.165, 1.54) is 11.1 Å². The van der Waals surface area contributed by atoms with Gasteiger partial charge in [-0.25, -0.2) is 0 Å². The van der Waals surface area contributed by atoms with Gasteiger partial charge in [0.05, 0.1) is 12.2 Å². The van der Waals surface area contributed by atoms with Crippen molar-refractivity contribution >= 4 is 5.78 Å². The van der Waals surface area contributed by atoms with Crippen molar-refractivity contribution in [3.05, 3.63) is 70.8 Å². The monoisotopic (exact) mass is 378 g/mol. The molecule has 0 spiro atoms. The maximum Gasteiger partial charge on any atom is 0.193 e. The Morgan fingerprint density at radius 3 is 1.39 bits per heavy atom. The fourth-order valence-corrected chi connectivity index (χ4v) is 4.91. The van der Waals surface area contributed by atoms with Gasteiger partial charge in [0.2, 0.25) is 0 Å². The van der Waals surface area contributed by atoms with Crippen LogP contribution in [-0.2, 0) is 0 Å². The minimum atomic E-state index is -0.191. The number of hydrogen-bond donors (Lipinski definition) is 2. The first-order valence-electron chi connectivity index (χ1n) is 10.7. The molecule has 2 N–H and O–H groups in total. The third-order valence-corrected chi connectivity index (χ3v) is 6.58. The number of rotatable bonds is 4. The minimum Gasteiger partial charge on any atom is -0.393 e. The lowest BCUT2D eigenvalue weighted by molar-refractivity contribution is 0.103. The molecule has 3 nitrogen and oxygen atoms in total. The molecule has 2 aliphatic rings. The predicted octanol–water partition coefficient (Wildman–Crippen LogP) is 4.95. The van der Waals surface area contributed by atoms with Crippen LogP contribution in [0.15, 0.2) is 48.5 Å². The van der Waals surface area contributed by atoms with Crippen LogP contribution in [-0.4, -0.2) is 28.2 Å². The normalized spacial score (nSPS) is 28.1. The number of carbonyl (C=O) groups excluding carboxylic acids is 1. The van der Waals surface area contributed by atoms with Crippen LogP contribution < -0.4 is 0 Å². The van der Waals surface area contributed by atoms with E-state index in [0.29, 0.717) is 23.0 Å². The molecule has 2 aromatic carbocycles. The van der Waals surface area contributed by atoms with E-state index in [1.807, 2.05) is 48.5 Å². The fraction of sp³-hybridized carbons (Fsp3) is 0.480. The topological polar surface area (TPSA) is 57.5 Å². The van der Waals surface area contributed by atoms with Crippen LogP contribution in [0.4, 0.5) is 0 Å². The smallest absolute Gasteiger partial charge is 0.193 e.